The van der Waals surface area contributed by atoms with E-state index in [0.717, 1.165) is 12.8 Å². The molecule has 21 heavy (non-hydrogen) atoms. The number of piperidine rings is 1. The van der Waals surface area contributed by atoms with E-state index in [1.165, 1.54) is 0 Å². The maximum Gasteiger partial charge on any atom is 0.312 e. The predicted octanol–water partition coefficient (Wildman–Crippen LogP) is 1.00. The van der Waals surface area contributed by atoms with Crippen LogP contribution in [0.5, 0.6) is 0 Å². The molecule has 0 aromatic rings. The van der Waals surface area contributed by atoms with Gasteiger partial charge in [0.2, 0.25) is 0 Å². The van der Waals surface area contributed by atoms with Gasteiger partial charge in [-0.2, -0.15) is 0 Å². The van der Waals surface area contributed by atoms with Gasteiger partial charge in [-0.05, 0) is 12.8 Å². The highest BCUT2D eigenvalue weighted by Gasteiger charge is 2.42. The van der Waals surface area contributed by atoms with Crippen LogP contribution in [0.3, 0.4) is 0 Å². The molecule has 0 aromatic heterocycles. The molecule has 0 radical (unpaired) electrons. The van der Waals surface area contributed by atoms with Crippen LogP contribution < -0.4 is 0 Å². The molecule has 0 unspecified atom stereocenters. The quantitative estimate of drug-likeness (QED) is 0.727. The monoisotopic (exact) mass is 298 g/mol. The molecular weight excluding hydrogens is 272 g/mol. The summed E-state index contributed by atoms with van der Waals surface area (Å²) >= 11 is 0. The lowest BCUT2D eigenvalue weighted by molar-refractivity contribution is -0.188. The van der Waals surface area contributed by atoms with Crippen LogP contribution in [0, 0.1) is 0 Å². The Kier molecular flexibility index (Phi) is 5.58. The van der Waals surface area contributed by atoms with Crippen molar-refractivity contribution in [2.24, 2.45) is 0 Å². The topological polar surface area (TPSA) is 59.1 Å². The molecule has 2 rings (SSSR count). The molecule has 0 atom stereocenters. The molecule has 0 N–H and O–H groups in total. The minimum absolute atomic E-state index is 0.372. The molecule has 2 fully saturated rings. The number of hydrogen-bond donors (Lipinski definition) is 0. The number of carbonyl (C=O) groups excluding carboxylic acids is 2. The third-order valence-corrected chi connectivity index (χ3v) is 4.08. The number of ether oxygens (including phenoxy) is 2. The first kappa shape index (κ1) is 16.2. The van der Waals surface area contributed by atoms with Crippen LogP contribution in [-0.2, 0) is 19.1 Å². The highest BCUT2D eigenvalue weighted by atomic mass is 16.7. The van der Waals surface area contributed by atoms with Crippen LogP contribution in [-0.4, -0.2) is 66.8 Å². The van der Waals surface area contributed by atoms with Gasteiger partial charge in [0.15, 0.2) is 5.79 Å². The number of rotatable bonds is 4. The van der Waals surface area contributed by atoms with Gasteiger partial charge in [0.05, 0.1) is 13.2 Å². The predicted molar refractivity (Wildman–Crippen MR) is 77.6 cm³/mol. The van der Waals surface area contributed by atoms with Crippen molar-refractivity contribution in [3.05, 3.63) is 0 Å². The number of likely N-dealkylation sites (tertiary alicyclic amines) is 1. The maximum atomic E-state index is 12.3. The molecule has 120 valence electrons. The van der Waals surface area contributed by atoms with Gasteiger partial charge in [-0.25, -0.2) is 0 Å². The van der Waals surface area contributed by atoms with Gasteiger partial charge in [0.25, 0.3) is 0 Å². The fourth-order valence-electron chi connectivity index (χ4n) is 2.96. The SMILES string of the molecule is CCCN(CCC)C(=O)C(=O)N1CCC2(CC1)OCCO2. The van der Waals surface area contributed by atoms with Crippen molar-refractivity contribution in [2.75, 3.05) is 39.4 Å². The Morgan fingerprint density at radius 3 is 2.05 bits per heavy atom. The van der Waals surface area contributed by atoms with Crippen LogP contribution in [0.25, 0.3) is 0 Å². The summed E-state index contributed by atoms with van der Waals surface area (Å²) in [5.41, 5.74) is 0. The zero-order valence-electron chi connectivity index (χ0n) is 13.1. The van der Waals surface area contributed by atoms with Gasteiger partial charge >= 0.3 is 11.8 Å². The van der Waals surface area contributed by atoms with Crippen LogP contribution in [0.2, 0.25) is 0 Å². The summed E-state index contributed by atoms with van der Waals surface area (Å²) in [6.07, 6.45) is 3.02. The summed E-state index contributed by atoms with van der Waals surface area (Å²) in [5, 5.41) is 0. The molecule has 0 aromatic carbocycles. The van der Waals surface area contributed by atoms with Crippen molar-refractivity contribution >= 4 is 11.8 Å². The first-order valence-electron chi connectivity index (χ1n) is 7.98. The van der Waals surface area contributed by atoms with E-state index < -0.39 is 5.79 Å². The fraction of sp³-hybridized carbons (Fsp3) is 0.867. The Morgan fingerprint density at radius 2 is 1.57 bits per heavy atom. The summed E-state index contributed by atoms with van der Waals surface area (Å²) in [5.74, 6) is -1.26. The van der Waals surface area contributed by atoms with Crippen molar-refractivity contribution in [1.82, 2.24) is 9.80 Å². The molecule has 2 aliphatic heterocycles. The Bertz CT molecular complexity index is 364. The number of hydrogen-bond acceptors (Lipinski definition) is 4. The number of carbonyl (C=O) groups is 2. The zero-order chi connectivity index (χ0) is 15.3. The lowest BCUT2D eigenvalue weighted by Crippen LogP contribution is -2.52. The minimum atomic E-state index is -0.508. The summed E-state index contributed by atoms with van der Waals surface area (Å²) < 4.78 is 11.3. The van der Waals surface area contributed by atoms with Crippen molar-refractivity contribution < 1.29 is 19.1 Å². The Balaban J connectivity index is 1.89. The standard InChI is InChI=1S/C15H26N2O4/c1-3-7-16(8-4-2)13(18)14(19)17-9-5-15(6-10-17)20-11-12-21-15/h3-12H2,1-2H3. The normalized spacial score (nSPS) is 20.8. The van der Waals surface area contributed by atoms with Crippen LogP contribution >= 0.6 is 0 Å². The molecule has 6 heteroatoms. The van der Waals surface area contributed by atoms with Gasteiger partial charge in [-0.15, -0.1) is 0 Å². The van der Waals surface area contributed by atoms with Crippen molar-refractivity contribution in [2.45, 2.75) is 45.3 Å². The fourth-order valence-corrected chi connectivity index (χ4v) is 2.96. The highest BCUT2D eigenvalue weighted by Crippen LogP contribution is 2.31. The molecular formula is C15H26N2O4. The molecule has 2 aliphatic rings. The third kappa shape index (κ3) is 3.74. The average molecular weight is 298 g/mol. The van der Waals surface area contributed by atoms with E-state index in [0.29, 0.717) is 52.2 Å². The van der Waals surface area contributed by atoms with Crippen LogP contribution in [0.15, 0.2) is 0 Å². The van der Waals surface area contributed by atoms with Crippen LogP contribution in [0.1, 0.15) is 39.5 Å². The molecule has 2 amide bonds. The summed E-state index contributed by atoms with van der Waals surface area (Å²) in [7, 11) is 0. The van der Waals surface area contributed by atoms with Gasteiger partial charge in [-0.3, -0.25) is 9.59 Å². The van der Waals surface area contributed by atoms with E-state index >= 15 is 0 Å². The van der Waals surface area contributed by atoms with Crippen molar-refractivity contribution in [3.63, 3.8) is 0 Å². The smallest absolute Gasteiger partial charge is 0.312 e. The molecule has 2 saturated heterocycles. The van der Waals surface area contributed by atoms with E-state index in [1.54, 1.807) is 9.80 Å². The highest BCUT2D eigenvalue weighted by molar-refractivity contribution is 6.34. The van der Waals surface area contributed by atoms with Gasteiger partial charge in [0.1, 0.15) is 0 Å². The van der Waals surface area contributed by atoms with E-state index in [-0.39, 0.29) is 11.8 Å². The van der Waals surface area contributed by atoms with E-state index in [1.807, 2.05) is 13.8 Å². The molecule has 2 heterocycles. The Hall–Kier alpha value is -1.14. The Labute approximate surface area is 126 Å². The largest absolute Gasteiger partial charge is 0.347 e. The first-order valence-corrected chi connectivity index (χ1v) is 7.98. The molecule has 0 saturated carbocycles. The molecule has 1 spiro atoms. The number of amides is 2. The lowest BCUT2D eigenvalue weighted by atomic mass is 10.0. The zero-order valence-corrected chi connectivity index (χ0v) is 13.1. The second-order valence-corrected chi connectivity index (χ2v) is 5.69. The minimum Gasteiger partial charge on any atom is -0.347 e. The summed E-state index contributed by atoms with van der Waals surface area (Å²) in [4.78, 5) is 28.0. The molecule has 0 aliphatic carbocycles. The second-order valence-electron chi connectivity index (χ2n) is 5.69. The van der Waals surface area contributed by atoms with Crippen molar-refractivity contribution in [1.29, 1.82) is 0 Å². The van der Waals surface area contributed by atoms with E-state index in [4.69, 9.17) is 9.47 Å². The maximum absolute atomic E-state index is 12.3. The molecule has 6 nitrogen and oxygen atoms in total. The van der Waals surface area contributed by atoms with Gasteiger partial charge in [0, 0.05) is 39.0 Å². The van der Waals surface area contributed by atoms with Crippen molar-refractivity contribution in [3.8, 4) is 0 Å². The van der Waals surface area contributed by atoms with Gasteiger partial charge < -0.3 is 19.3 Å². The van der Waals surface area contributed by atoms with Crippen LogP contribution in [0.4, 0.5) is 0 Å². The Morgan fingerprint density at radius 1 is 1.05 bits per heavy atom. The lowest BCUT2D eigenvalue weighted by Gasteiger charge is -2.37. The number of nitrogens with zero attached hydrogens (tertiary/aromatic N) is 2. The van der Waals surface area contributed by atoms with Gasteiger partial charge in [-0.1, -0.05) is 13.8 Å². The van der Waals surface area contributed by atoms with E-state index in [2.05, 4.69) is 0 Å². The summed E-state index contributed by atoms with van der Waals surface area (Å²) in [6, 6.07) is 0. The molecule has 0 bridgehead atoms. The third-order valence-electron chi connectivity index (χ3n) is 4.08. The van der Waals surface area contributed by atoms with E-state index in [9.17, 15) is 9.59 Å². The second kappa shape index (κ2) is 7.22. The average Bonchev–Trinajstić information content (AvgIpc) is 2.94. The first-order chi connectivity index (χ1) is 10.1. The summed E-state index contributed by atoms with van der Waals surface area (Å²) in [6.45, 7) is 7.60.